The highest BCUT2D eigenvalue weighted by Gasteiger charge is 2.17. The molecule has 1 atom stereocenters. The van der Waals surface area contributed by atoms with E-state index in [9.17, 15) is 9.59 Å². The summed E-state index contributed by atoms with van der Waals surface area (Å²) in [6.45, 7) is 0. The van der Waals surface area contributed by atoms with Crippen LogP contribution in [0.5, 0.6) is 5.75 Å². The maximum atomic E-state index is 11.4. The third-order valence-electron chi connectivity index (χ3n) is 2.33. The minimum absolute atomic E-state index is 0.233. The molecule has 0 amide bonds. The molecule has 1 unspecified atom stereocenters. The molecule has 4 nitrogen and oxygen atoms in total. The maximum absolute atomic E-state index is 11.4. The van der Waals surface area contributed by atoms with E-state index in [-0.39, 0.29) is 15.9 Å². The van der Waals surface area contributed by atoms with Gasteiger partial charge in [0, 0.05) is 10.8 Å². The Morgan fingerprint density at radius 3 is 2.42 bits per heavy atom. The lowest BCUT2D eigenvalue weighted by molar-refractivity contribution is -0.139. The Morgan fingerprint density at radius 2 is 1.89 bits per heavy atom. The smallest absolute Gasteiger partial charge is 0.323 e. The zero-order chi connectivity index (χ0) is 14.3. The summed E-state index contributed by atoms with van der Waals surface area (Å²) < 4.78 is 10.4. The van der Waals surface area contributed by atoms with Crippen LogP contribution in [-0.4, -0.2) is 23.5 Å². The highest BCUT2D eigenvalue weighted by Crippen LogP contribution is 2.26. The standard InChI is InChI=1S/C13H14I2O4/c1-18-13(17)12(15)9-4-6-10(7-5-9)19-11(16)3-2-8-14/h4-7,12H,2-3,8H2,1H3. The van der Waals surface area contributed by atoms with Gasteiger partial charge in [-0.2, -0.15) is 0 Å². The summed E-state index contributed by atoms with van der Waals surface area (Å²) in [7, 11) is 1.36. The second-order valence-corrected chi connectivity index (χ2v) is 6.05. The molecule has 0 bridgehead atoms. The average Bonchev–Trinajstić information content (AvgIpc) is 2.44. The second kappa shape index (κ2) is 8.72. The number of hydrogen-bond donors (Lipinski definition) is 0. The number of carbonyl (C=O) groups is 2. The summed E-state index contributed by atoms with van der Waals surface area (Å²) in [4.78, 5) is 22.8. The number of hydrogen-bond acceptors (Lipinski definition) is 4. The molecule has 0 N–H and O–H groups in total. The molecule has 0 spiro atoms. The number of alkyl halides is 2. The van der Waals surface area contributed by atoms with Gasteiger partial charge in [0.15, 0.2) is 0 Å². The van der Waals surface area contributed by atoms with E-state index in [2.05, 4.69) is 27.3 Å². The van der Waals surface area contributed by atoms with Crippen molar-refractivity contribution in [1.82, 2.24) is 0 Å². The van der Waals surface area contributed by atoms with Gasteiger partial charge in [0.05, 0.1) is 7.11 Å². The highest BCUT2D eigenvalue weighted by atomic mass is 127. The van der Waals surface area contributed by atoms with Crippen molar-refractivity contribution in [3.63, 3.8) is 0 Å². The van der Waals surface area contributed by atoms with Gasteiger partial charge >= 0.3 is 11.9 Å². The van der Waals surface area contributed by atoms with Gasteiger partial charge in [0.25, 0.3) is 0 Å². The molecule has 0 radical (unpaired) electrons. The van der Waals surface area contributed by atoms with E-state index in [0.717, 1.165) is 16.4 Å². The van der Waals surface area contributed by atoms with Gasteiger partial charge in [-0.05, 0) is 24.1 Å². The normalized spacial score (nSPS) is 11.7. The molecule has 0 aliphatic rings. The van der Waals surface area contributed by atoms with Crippen molar-refractivity contribution in [3.8, 4) is 5.75 Å². The Bertz CT molecular complexity index is 431. The Labute approximate surface area is 139 Å². The molecule has 1 aromatic rings. The van der Waals surface area contributed by atoms with Crippen LogP contribution >= 0.6 is 45.2 Å². The van der Waals surface area contributed by atoms with E-state index in [1.807, 2.05) is 22.6 Å². The van der Waals surface area contributed by atoms with E-state index in [1.165, 1.54) is 7.11 Å². The first-order valence-electron chi connectivity index (χ1n) is 5.67. The molecule has 0 aliphatic carbocycles. The monoisotopic (exact) mass is 488 g/mol. The van der Waals surface area contributed by atoms with Crippen LogP contribution in [0.4, 0.5) is 0 Å². The van der Waals surface area contributed by atoms with Gasteiger partial charge in [-0.3, -0.25) is 9.59 Å². The molecule has 1 aromatic carbocycles. The Morgan fingerprint density at radius 1 is 1.26 bits per heavy atom. The quantitative estimate of drug-likeness (QED) is 0.267. The first-order chi connectivity index (χ1) is 9.08. The largest absolute Gasteiger partial charge is 0.468 e. The second-order valence-electron chi connectivity index (χ2n) is 3.72. The molecule has 19 heavy (non-hydrogen) atoms. The van der Waals surface area contributed by atoms with Gasteiger partial charge < -0.3 is 9.47 Å². The summed E-state index contributed by atoms with van der Waals surface area (Å²) in [5.74, 6) is -0.0357. The Hall–Kier alpha value is -0.380. The Kier molecular flexibility index (Phi) is 7.66. The first-order valence-corrected chi connectivity index (χ1v) is 8.44. The van der Waals surface area contributed by atoms with E-state index in [1.54, 1.807) is 24.3 Å². The minimum Gasteiger partial charge on any atom is -0.468 e. The van der Waals surface area contributed by atoms with Crippen molar-refractivity contribution >= 4 is 57.1 Å². The fourth-order valence-corrected chi connectivity index (χ4v) is 2.39. The number of benzene rings is 1. The third kappa shape index (κ3) is 5.64. The van der Waals surface area contributed by atoms with Crippen molar-refractivity contribution in [3.05, 3.63) is 29.8 Å². The van der Waals surface area contributed by atoms with E-state index in [0.29, 0.717) is 12.2 Å². The zero-order valence-corrected chi connectivity index (χ0v) is 14.7. The molecule has 104 valence electrons. The number of ether oxygens (including phenoxy) is 2. The Balaban J connectivity index is 2.61. The van der Waals surface area contributed by atoms with Gasteiger partial charge in [-0.1, -0.05) is 57.3 Å². The van der Waals surface area contributed by atoms with Crippen molar-refractivity contribution < 1.29 is 19.1 Å². The highest BCUT2D eigenvalue weighted by molar-refractivity contribution is 14.1. The molecule has 0 aromatic heterocycles. The molecular formula is C13H14I2O4. The summed E-state index contributed by atoms with van der Waals surface area (Å²) in [6, 6.07) is 6.89. The minimum atomic E-state index is -0.355. The maximum Gasteiger partial charge on any atom is 0.323 e. The first kappa shape index (κ1) is 16.7. The summed E-state index contributed by atoms with van der Waals surface area (Å²) in [5, 5.41) is 0. The SMILES string of the molecule is COC(=O)C(I)c1ccc(OC(=O)CCCI)cc1. The van der Waals surface area contributed by atoms with Crippen LogP contribution in [0, 0.1) is 0 Å². The van der Waals surface area contributed by atoms with Crippen LogP contribution in [0.3, 0.4) is 0 Å². The predicted octanol–water partition coefficient (Wildman–Crippen LogP) is 3.46. The summed E-state index contributed by atoms with van der Waals surface area (Å²) in [5.41, 5.74) is 0.819. The number of rotatable bonds is 6. The van der Waals surface area contributed by atoms with Crippen molar-refractivity contribution in [2.24, 2.45) is 0 Å². The van der Waals surface area contributed by atoms with E-state index >= 15 is 0 Å². The molecule has 0 aliphatic heterocycles. The van der Waals surface area contributed by atoms with Gasteiger partial charge in [0.1, 0.15) is 9.67 Å². The average molecular weight is 488 g/mol. The molecule has 6 heteroatoms. The number of carbonyl (C=O) groups excluding carboxylic acids is 2. The summed E-state index contributed by atoms with van der Waals surface area (Å²) in [6.07, 6.45) is 1.23. The van der Waals surface area contributed by atoms with Gasteiger partial charge in [-0.25, -0.2) is 0 Å². The van der Waals surface area contributed by atoms with Crippen molar-refractivity contribution in [2.75, 3.05) is 11.5 Å². The van der Waals surface area contributed by atoms with Gasteiger partial charge in [-0.15, -0.1) is 0 Å². The van der Waals surface area contributed by atoms with Crippen LogP contribution in [0.25, 0.3) is 0 Å². The molecule has 0 fully saturated rings. The van der Waals surface area contributed by atoms with Crippen molar-refractivity contribution in [1.29, 1.82) is 0 Å². The third-order valence-corrected chi connectivity index (χ3v) is 4.32. The van der Waals surface area contributed by atoms with Crippen LogP contribution in [0.15, 0.2) is 24.3 Å². The van der Waals surface area contributed by atoms with E-state index in [4.69, 9.17) is 4.74 Å². The lowest BCUT2D eigenvalue weighted by Crippen LogP contribution is -2.09. The number of esters is 2. The number of methoxy groups -OCH3 is 1. The molecule has 1 rings (SSSR count). The predicted molar refractivity (Wildman–Crippen MR) is 89.0 cm³/mol. The fraction of sp³-hybridized carbons (Fsp3) is 0.385. The van der Waals surface area contributed by atoms with Crippen LogP contribution in [0.1, 0.15) is 22.3 Å². The van der Waals surface area contributed by atoms with Crippen LogP contribution < -0.4 is 4.74 Å². The lowest BCUT2D eigenvalue weighted by atomic mass is 10.1. The van der Waals surface area contributed by atoms with Crippen LogP contribution in [0.2, 0.25) is 0 Å². The van der Waals surface area contributed by atoms with Gasteiger partial charge in [0.2, 0.25) is 0 Å². The van der Waals surface area contributed by atoms with Crippen LogP contribution in [-0.2, 0) is 14.3 Å². The lowest BCUT2D eigenvalue weighted by Gasteiger charge is -2.09. The molecular weight excluding hydrogens is 474 g/mol. The molecule has 0 heterocycles. The van der Waals surface area contributed by atoms with E-state index < -0.39 is 0 Å². The topological polar surface area (TPSA) is 52.6 Å². The van der Waals surface area contributed by atoms with Crippen molar-refractivity contribution in [2.45, 2.75) is 16.8 Å². The fourth-order valence-electron chi connectivity index (χ4n) is 1.34. The number of halogens is 2. The zero-order valence-electron chi connectivity index (χ0n) is 10.4. The molecule has 0 saturated heterocycles. The molecule has 0 saturated carbocycles. The summed E-state index contributed by atoms with van der Waals surface area (Å²) >= 11 is 4.23.